The molecule has 1 aromatic carbocycles. The molecule has 0 saturated carbocycles. The lowest BCUT2D eigenvalue weighted by molar-refractivity contribution is -0.168. The first kappa shape index (κ1) is 12.9. The SMILES string of the molecule is CON(C)C(=O)CCC1CCOc2ccccc21. The third-order valence-electron chi connectivity index (χ3n) is 3.41. The molecule has 1 atom stereocenters. The first-order chi connectivity index (χ1) is 8.72. The number of benzene rings is 1. The number of carbonyl (C=O) groups excluding carboxylic acids is 1. The molecule has 1 aliphatic heterocycles. The van der Waals surface area contributed by atoms with Gasteiger partial charge in [-0.1, -0.05) is 18.2 Å². The molecular formula is C14H19NO3. The summed E-state index contributed by atoms with van der Waals surface area (Å²) in [6.07, 6.45) is 2.32. The van der Waals surface area contributed by atoms with E-state index in [1.54, 1.807) is 7.05 Å². The fourth-order valence-corrected chi connectivity index (χ4v) is 2.27. The van der Waals surface area contributed by atoms with E-state index in [1.807, 2.05) is 18.2 Å². The number of nitrogens with zero attached hydrogens (tertiary/aromatic N) is 1. The number of amides is 1. The Morgan fingerprint density at radius 2 is 2.28 bits per heavy atom. The summed E-state index contributed by atoms with van der Waals surface area (Å²) in [5, 5.41) is 1.28. The third kappa shape index (κ3) is 2.82. The normalized spacial score (nSPS) is 17.8. The van der Waals surface area contributed by atoms with Crippen LogP contribution in [0.5, 0.6) is 5.75 Å². The van der Waals surface area contributed by atoms with Crippen molar-refractivity contribution in [1.29, 1.82) is 0 Å². The van der Waals surface area contributed by atoms with Gasteiger partial charge in [0.25, 0.3) is 0 Å². The van der Waals surface area contributed by atoms with Gasteiger partial charge in [0.05, 0.1) is 13.7 Å². The summed E-state index contributed by atoms with van der Waals surface area (Å²) in [7, 11) is 3.14. The number of rotatable bonds is 4. The molecule has 0 aromatic heterocycles. The van der Waals surface area contributed by atoms with Gasteiger partial charge in [0, 0.05) is 13.5 Å². The molecular weight excluding hydrogens is 230 g/mol. The van der Waals surface area contributed by atoms with E-state index in [0.29, 0.717) is 12.3 Å². The zero-order valence-corrected chi connectivity index (χ0v) is 10.9. The minimum absolute atomic E-state index is 0.0153. The van der Waals surface area contributed by atoms with Crippen molar-refractivity contribution in [2.24, 2.45) is 0 Å². The van der Waals surface area contributed by atoms with Crippen LogP contribution in [0.2, 0.25) is 0 Å². The van der Waals surface area contributed by atoms with E-state index in [0.717, 1.165) is 25.2 Å². The molecule has 0 fully saturated rings. The van der Waals surface area contributed by atoms with E-state index >= 15 is 0 Å². The van der Waals surface area contributed by atoms with Crippen LogP contribution in [0, 0.1) is 0 Å². The molecule has 98 valence electrons. The molecule has 1 aliphatic rings. The number of para-hydroxylation sites is 1. The Balaban J connectivity index is 1.97. The molecule has 4 nitrogen and oxygen atoms in total. The summed E-state index contributed by atoms with van der Waals surface area (Å²) in [6, 6.07) is 8.07. The van der Waals surface area contributed by atoms with Gasteiger partial charge in [0.15, 0.2) is 0 Å². The summed E-state index contributed by atoms with van der Waals surface area (Å²) in [5.41, 5.74) is 1.22. The van der Waals surface area contributed by atoms with Crippen molar-refractivity contribution in [3.63, 3.8) is 0 Å². The lowest BCUT2D eigenvalue weighted by Crippen LogP contribution is -2.26. The van der Waals surface area contributed by atoms with Gasteiger partial charge in [0.1, 0.15) is 5.75 Å². The van der Waals surface area contributed by atoms with Crippen molar-refractivity contribution < 1.29 is 14.4 Å². The summed E-state index contributed by atoms with van der Waals surface area (Å²) in [4.78, 5) is 16.6. The van der Waals surface area contributed by atoms with Gasteiger partial charge in [0.2, 0.25) is 5.91 Å². The van der Waals surface area contributed by atoms with Gasteiger partial charge in [-0.2, -0.15) is 0 Å². The predicted molar refractivity (Wildman–Crippen MR) is 68.3 cm³/mol. The number of fused-ring (bicyclic) bond motifs is 1. The zero-order valence-electron chi connectivity index (χ0n) is 10.9. The number of ether oxygens (including phenoxy) is 1. The summed E-state index contributed by atoms with van der Waals surface area (Å²) in [5.74, 6) is 1.38. The highest BCUT2D eigenvalue weighted by molar-refractivity contribution is 5.74. The molecule has 1 unspecified atom stereocenters. The zero-order chi connectivity index (χ0) is 13.0. The van der Waals surface area contributed by atoms with E-state index < -0.39 is 0 Å². The molecule has 0 radical (unpaired) electrons. The first-order valence-electron chi connectivity index (χ1n) is 6.24. The molecule has 4 heteroatoms. The van der Waals surface area contributed by atoms with E-state index in [2.05, 4.69) is 6.07 Å². The number of carbonyl (C=O) groups is 1. The van der Waals surface area contributed by atoms with Crippen molar-refractivity contribution in [3.05, 3.63) is 29.8 Å². The van der Waals surface area contributed by atoms with Crippen LogP contribution in [0.3, 0.4) is 0 Å². The molecule has 0 bridgehead atoms. The van der Waals surface area contributed by atoms with Crippen LogP contribution < -0.4 is 4.74 Å². The van der Waals surface area contributed by atoms with E-state index in [-0.39, 0.29) is 5.91 Å². The van der Waals surface area contributed by atoms with E-state index in [1.165, 1.54) is 17.7 Å². The first-order valence-corrected chi connectivity index (χ1v) is 6.24. The second-order valence-electron chi connectivity index (χ2n) is 4.48. The van der Waals surface area contributed by atoms with Crippen molar-refractivity contribution in [2.75, 3.05) is 20.8 Å². The molecule has 18 heavy (non-hydrogen) atoms. The minimum Gasteiger partial charge on any atom is -0.493 e. The average Bonchev–Trinajstić information content (AvgIpc) is 2.43. The highest BCUT2D eigenvalue weighted by Crippen LogP contribution is 2.36. The quantitative estimate of drug-likeness (QED) is 0.769. The maximum Gasteiger partial charge on any atom is 0.245 e. The van der Waals surface area contributed by atoms with E-state index in [9.17, 15) is 4.79 Å². The van der Waals surface area contributed by atoms with Crippen LogP contribution in [0.4, 0.5) is 0 Å². The molecule has 0 spiro atoms. The standard InChI is InChI=1S/C14H19NO3/c1-15(17-2)14(16)8-7-11-9-10-18-13-6-4-3-5-12(11)13/h3-6,11H,7-10H2,1-2H3. The lowest BCUT2D eigenvalue weighted by Gasteiger charge is -2.26. The largest absolute Gasteiger partial charge is 0.493 e. The highest BCUT2D eigenvalue weighted by atomic mass is 16.7. The maximum absolute atomic E-state index is 11.7. The van der Waals surface area contributed by atoms with E-state index in [4.69, 9.17) is 9.57 Å². The topological polar surface area (TPSA) is 38.8 Å². The van der Waals surface area contributed by atoms with Crippen molar-refractivity contribution in [1.82, 2.24) is 5.06 Å². The predicted octanol–water partition coefficient (Wildman–Crippen LogP) is 2.35. The Labute approximate surface area is 107 Å². The van der Waals surface area contributed by atoms with Crippen LogP contribution in [0.25, 0.3) is 0 Å². The highest BCUT2D eigenvalue weighted by Gasteiger charge is 2.22. The fraction of sp³-hybridized carbons (Fsp3) is 0.500. The number of hydrogen-bond donors (Lipinski definition) is 0. The Hall–Kier alpha value is -1.55. The summed E-state index contributed by atoms with van der Waals surface area (Å²) in [6.45, 7) is 0.732. The number of hydrogen-bond acceptors (Lipinski definition) is 3. The smallest absolute Gasteiger partial charge is 0.245 e. The molecule has 0 aliphatic carbocycles. The monoisotopic (exact) mass is 249 g/mol. The fourth-order valence-electron chi connectivity index (χ4n) is 2.27. The van der Waals surface area contributed by atoms with Crippen LogP contribution in [-0.4, -0.2) is 31.7 Å². The van der Waals surface area contributed by atoms with Crippen LogP contribution in [-0.2, 0) is 9.63 Å². The van der Waals surface area contributed by atoms with Crippen LogP contribution >= 0.6 is 0 Å². The lowest BCUT2D eigenvalue weighted by atomic mass is 9.89. The minimum atomic E-state index is 0.0153. The number of hydroxylamine groups is 2. The maximum atomic E-state index is 11.7. The second kappa shape index (κ2) is 5.87. The molecule has 0 N–H and O–H groups in total. The third-order valence-corrected chi connectivity index (χ3v) is 3.41. The molecule has 1 aromatic rings. The van der Waals surface area contributed by atoms with Gasteiger partial charge < -0.3 is 4.74 Å². The second-order valence-corrected chi connectivity index (χ2v) is 4.48. The molecule has 1 amide bonds. The Morgan fingerprint density at radius 1 is 1.50 bits per heavy atom. The van der Waals surface area contributed by atoms with Gasteiger partial charge in [-0.3, -0.25) is 9.63 Å². The van der Waals surface area contributed by atoms with Gasteiger partial charge >= 0.3 is 0 Å². The van der Waals surface area contributed by atoms with Crippen molar-refractivity contribution in [3.8, 4) is 5.75 Å². The van der Waals surface area contributed by atoms with Gasteiger partial charge in [-0.15, -0.1) is 0 Å². The molecule has 0 saturated heterocycles. The van der Waals surface area contributed by atoms with Crippen LogP contribution in [0.15, 0.2) is 24.3 Å². The van der Waals surface area contributed by atoms with Crippen molar-refractivity contribution in [2.45, 2.75) is 25.2 Å². The molecule has 1 heterocycles. The Bertz CT molecular complexity index is 419. The average molecular weight is 249 g/mol. The Kier molecular flexibility index (Phi) is 4.20. The molecule has 2 rings (SSSR count). The summed E-state index contributed by atoms with van der Waals surface area (Å²) < 4.78 is 5.61. The van der Waals surface area contributed by atoms with Gasteiger partial charge in [-0.25, -0.2) is 5.06 Å². The van der Waals surface area contributed by atoms with Crippen molar-refractivity contribution >= 4 is 5.91 Å². The van der Waals surface area contributed by atoms with Gasteiger partial charge in [-0.05, 0) is 30.4 Å². The Morgan fingerprint density at radius 3 is 3.06 bits per heavy atom. The summed E-state index contributed by atoms with van der Waals surface area (Å²) >= 11 is 0. The van der Waals surface area contributed by atoms with Crippen LogP contribution in [0.1, 0.15) is 30.7 Å².